The van der Waals surface area contributed by atoms with E-state index in [0.717, 1.165) is 0 Å². The van der Waals surface area contributed by atoms with Gasteiger partial charge in [-0.2, -0.15) is 0 Å². The van der Waals surface area contributed by atoms with Gasteiger partial charge in [0.1, 0.15) is 23.1 Å². The highest BCUT2D eigenvalue weighted by Crippen LogP contribution is 2.24. The molecular formula is C13H10FN5O. The van der Waals surface area contributed by atoms with Crippen molar-refractivity contribution in [2.75, 3.05) is 0 Å². The third kappa shape index (κ3) is 2.16. The molecule has 3 aromatic rings. The van der Waals surface area contributed by atoms with E-state index in [0.29, 0.717) is 11.4 Å². The summed E-state index contributed by atoms with van der Waals surface area (Å²) in [4.78, 5) is 8.23. The lowest BCUT2D eigenvalue weighted by molar-refractivity contribution is 0.459. The van der Waals surface area contributed by atoms with Crippen LogP contribution in [0.1, 0.15) is 5.69 Å². The normalized spacial score (nSPS) is 10.7. The van der Waals surface area contributed by atoms with Gasteiger partial charge in [0.2, 0.25) is 5.65 Å². The third-order valence-corrected chi connectivity index (χ3v) is 2.63. The predicted octanol–water partition coefficient (Wildman–Crippen LogP) is 1.94. The molecule has 3 N–H and O–H groups in total. The Labute approximate surface area is 113 Å². The Morgan fingerprint density at radius 1 is 1.40 bits per heavy atom. The molecule has 0 saturated carbocycles. The number of aromatic nitrogens is 3. The molecule has 0 aliphatic carbocycles. The molecule has 100 valence electrons. The average molecular weight is 271 g/mol. The van der Waals surface area contributed by atoms with Crippen LogP contribution in [0, 0.1) is 11.2 Å². The summed E-state index contributed by atoms with van der Waals surface area (Å²) < 4.78 is 20.3. The number of hydrogen-bond donors (Lipinski definition) is 2. The number of nitrogen functional groups attached to an aromatic ring is 1. The Morgan fingerprint density at radius 2 is 2.25 bits per heavy atom. The quantitative estimate of drug-likeness (QED) is 0.562. The molecule has 6 nitrogen and oxygen atoms in total. The fourth-order valence-corrected chi connectivity index (χ4v) is 1.74. The third-order valence-electron chi connectivity index (χ3n) is 2.63. The molecule has 0 aliphatic heterocycles. The molecule has 0 spiro atoms. The number of rotatable bonds is 3. The summed E-state index contributed by atoms with van der Waals surface area (Å²) in [6.45, 7) is 0. The fourth-order valence-electron chi connectivity index (χ4n) is 1.74. The predicted molar refractivity (Wildman–Crippen MR) is 70.5 cm³/mol. The number of imidazole rings is 1. The highest BCUT2D eigenvalue weighted by atomic mass is 19.1. The fraction of sp³-hybridized carbons (Fsp3) is 0. The SMILES string of the molecule is N=C(N)c1cn2ccnc2c(Oc2cccc(F)c2)n1. The van der Waals surface area contributed by atoms with Gasteiger partial charge in [0.15, 0.2) is 0 Å². The minimum atomic E-state index is -0.412. The van der Waals surface area contributed by atoms with Crippen molar-refractivity contribution in [3.05, 3.63) is 54.4 Å². The van der Waals surface area contributed by atoms with Crippen LogP contribution >= 0.6 is 0 Å². The first kappa shape index (κ1) is 12.1. The smallest absolute Gasteiger partial charge is 0.264 e. The molecule has 2 heterocycles. The lowest BCUT2D eigenvalue weighted by Gasteiger charge is -2.08. The Hall–Kier alpha value is -2.96. The van der Waals surface area contributed by atoms with Crippen molar-refractivity contribution < 1.29 is 9.13 Å². The molecule has 0 saturated heterocycles. The largest absolute Gasteiger partial charge is 0.436 e. The van der Waals surface area contributed by atoms with Crippen LogP contribution in [-0.4, -0.2) is 20.2 Å². The van der Waals surface area contributed by atoms with Crippen LogP contribution in [0.3, 0.4) is 0 Å². The van der Waals surface area contributed by atoms with Crippen molar-refractivity contribution in [1.29, 1.82) is 5.41 Å². The second-order valence-corrected chi connectivity index (χ2v) is 4.06. The minimum Gasteiger partial charge on any atom is -0.436 e. The van der Waals surface area contributed by atoms with Crippen LogP contribution < -0.4 is 10.5 Å². The van der Waals surface area contributed by atoms with E-state index in [-0.39, 0.29) is 17.4 Å². The Balaban J connectivity index is 2.09. The van der Waals surface area contributed by atoms with Crippen molar-refractivity contribution in [3.8, 4) is 11.6 Å². The van der Waals surface area contributed by atoms with E-state index in [4.69, 9.17) is 15.9 Å². The number of fused-ring (bicyclic) bond motifs is 1. The van der Waals surface area contributed by atoms with Gasteiger partial charge in [-0.15, -0.1) is 0 Å². The summed E-state index contributed by atoms with van der Waals surface area (Å²) in [5.74, 6) is -0.148. The number of nitrogens with zero attached hydrogens (tertiary/aromatic N) is 3. The number of nitrogens with two attached hydrogens (primary N) is 1. The van der Waals surface area contributed by atoms with E-state index >= 15 is 0 Å². The molecule has 3 rings (SSSR count). The number of hydrogen-bond acceptors (Lipinski definition) is 4. The van der Waals surface area contributed by atoms with Gasteiger partial charge in [-0.25, -0.2) is 14.4 Å². The molecule has 0 fully saturated rings. The van der Waals surface area contributed by atoms with Crippen LogP contribution in [0.25, 0.3) is 5.65 Å². The zero-order chi connectivity index (χ0) is 14.1. The molecule has 0 atom stereocenters. The summed E-state index contributed by atoms with van der Waals surface area (Å²) in [5, 5.41) is 7.44. The number of ether oxygens (including phenoxy) is 1. The van der Waals surface area contributed by atoms with Crippen molar-refractivity contribution in [2.45, 2.75) is 0 Å². The molecule has 0 aliphatic rings. The number of nitrogens with one attached hydrogen (secondary N) is 1. The van der Waals surface area contributed by atoms with Crippen LogP contribution in [0.4, 0.5) is 4.39 Å². The van der Waals surface area contributed by atoms with Gasteiger partial charge in [-0.1, -0.05) is 6.07 Å². The zero-order valence-electron chi connectivity index (χ0n) is 10.2. The van der Waals surface area contributed by atoms with Gasteiger partial charge >= 0.3 is 0 Å². The first-order valence-corrected chi connectivity index (χ1v) is 5.75. The van der Waals surface area contributed by atoms with E-state index in [1.54, 1.807) is 29.1 Å². The standard InChI is InChI=1S/C13H10FN5O/c14-8-2-1-3-9(6-8)20-13-12-17-4-5-19(12)7-10(18-13)11(15)16/h1-7H,(H3,15,16). The summed E-state index contributed by atoms with van der Waals surface area (Å²) in [7, 11) is 0. The van der Waals surface area contributed by atoms with Gasteiger partial charge in [-0.3, -0.25) is 5.41 Å². The van der Waals surface area contributed by atoms with E-state index in [1.807, 2.05) is 0 Å². The van der Waals surface area contributed by atoms with E-state index in [9.17, 15) is 4.39 Å². The van der Waals surface area contributed by atoms with E-state index < -0.39 is 5.82 Å². The van der Waals surface area contributed by atoms with Gasteiger partial charge in [0, 0.05) is 24.7 Å². The second-order valence-electron chi connectivity index (χ2n) is 4.06. The van der Waals surface area contributed by atoms with Crippen molar-refractivity contribution >= 4 is 11.5 Å². The topological polar surface area (TPSA) is 89.3 Å². The number of benzene rings is 1. The maximum absolute atomic E-state index is 13.2. The summed E-state index contributed by atoms with van der Waals surface area (Å²) in [5.41, 5.74) is 6.14. The number of amidine groups is 1. The van der Waals surface area contributed by atoms with Crippen LogP contribution in [-0.2, 0) is 0 Å². The first-order valence-electron chi connectivity index (χ1n) is 5.75. The second kappa shape index (κ2) is 4.61. The maximum Gasteiger partial charge on any atom is 0.264 e. The van der Waals surface area contributed by atoms with Crippen LogP contribution in [0.15, 0.2) is 42.9 Å². The Kier molecular flexibility index (Phi) is 2.79. The van der Waals surface area contributed by atoms with E-state index in [2.05, 4.69) is 9.97 Å². The molecule has 0 radical (unpaired) electrons. The monoisotopic (exact) mass is 271 g/mol. The van der Waals surface area contributed by atoms with E-state index in [1.165, 1.54) is 18.2 Å². The highest BCUT2D eigenvalue weighted by Gasteiger charge is 2.11. The Morgan fingerprint density at radius 3 is 3.00 bits per heavy atom. The lowest BCUT2D eigenvalue weighted by atomic mass is 10.3. The number of halogens is 1. The molecule has 2 aromatic heterocycles. The lowest BCUT2D eigenvalue weighted by Crippen LogP contribution is -2.14. The summed E-state index contributed by atoms with van der Waals surface area (Å²) in [6, 6.07) is 5.69. The average Bonchev–Trinajstić information content (AvgIpc) is 2.87. The molecule has 1 aromatic carbocycles. The summed E-state index contributed by atoms with van der Waals surface area (Å²) >= 11 is 0. The zero-order valence-corrected chi connectivity index (χ0v) is 10.2. The molecule has 0 amide bonds. The first-order chi connectivity index (χ1) is 9.63. The molecule has 20 heavy (non-hydrogen) atoms. The molecule has 7 heteroatoms. The Bertz CT molecular complexity index is 798. The van der Waals surface area contributed by atoms with Gasteiger partial charge in [0.25, 0.3) is 5.88 Å². The maximum atomic E-state index is 13.2. The van der Waals surface area contributed by atoms with Gasteiger partial charge in [0.05, 0.1) is 0 Å². The van der Waals surface area contributed by atoms with Crippen molar-refractivity contribution in [2.24, 2.45) is 5.73 Å². The van der Waals surface area contributed by atoms with Crippen molar-refractivity contribution in [3.63, 3.8) is 0 Å². The summed E-state index contributed by atoms with van der Waals surface area (Å²) in [6.07, 6.45) is 4.82. The highest BCUT2D eigenvalue weighted by molar-refractivity contribution is 5.93. The molecule has 0 unspecified atom stereocenters. The van der Waals surface area contributed by atoms with Crippen molar-refractivity contribution in [1.82, 2.24) is 14.4 Å². The molecular weight excluding hydrogens is 261 g/mol. The minimum absolute atomic E-state index is 0.160. The van der Waals surface area contributed by atoms with Gasteiger partial charge < -0.3 is 14.9 Å². The van der Waals surface area contributed by atoms with Crippen LogP contribution in [0.5, 0.6) is 11.6 Å². The molecule has 0 bridgehead atoms. The van der Waals surface area contributed by atoms with Gasteiger partial charge in [-0.05, 0) is 12.1 Å². The van der Waals surface area contributed by atoms with Crippen LogP contribution in [0.2, 0.25) is 0 Å².